The smallest absolute Gasteiger partial charge is 0.203 e. The number of fused-ring (bicyclic) bond motifs is 9. The highest BCUT2D eigenvalue weighted by Crippen LogP contribution is 2.42. The molecule has 0 fully saturated rings. The predicted octanol–water partition coefficient (Wildman–Crippen LogP) is 11.2. The first kappa shape index (κ1) is 29.2. The molecular formula is C46H33N3O2. The first-order chi connectivity index (χ1) is 25.2. The predicted molar refractivity (Wildman–Crippen MR) is 211 cm³/mol. The molecule has 5 nitrogen and oxygen atoms in total. The van der Waals surface area contributed by atoms with E-state index in [4.69, 9.17) is 14.9 Å². The molecule has 51 heavy (non-hydrogen) atoms. The molecule has 0 bridgehead atoms. The number of hydrogen-bond acceptors (Lipinski definition) is 5. The Bertz CT molecular complexity index is 2740. The van der Waals surface area contributed by atoms with Crippen LogP contribution < -0.4 is 20.7 Å². The van der Waals surface area contributed by atoms with E-state index >= 15 is 0 Å². The Morgan fingerprint density at radius 3 is 2.29 bits per heavy atom. The third-order valence-corrected chi connectivity index (χ3v) is 10.1. The van der Waals surface area contributed by atoms with E-state index in [0.717, 1.165) is 62.9 Å². The number of furan rings is 1. The van der Waals surface area contributed by atoms with Gasteiger partial charge in [0.15, 0.2) is 0 Å². The van der Waals surface area contributed by atoms with Gasteiger partial charge < -0.3 is 20.2 Å². The van der Waals surface area contributed by atoms with Crippen molar-refractivity contribution >= 4 is 60.6 Å². The quantitative estimate of drug-likeness (QED) is 0.180. The summed E-state index contributed by atoms with van der Waals surface area (Å²) in [7, 11) is 0. The van der Waals surface area contributed by atoms with Crippen LogP contribution in [0.15, 0.2) is 174 Å². The molecule has 1 aromatic heterocycles. The molecule has 10 rings (SSSR count). The van der Waals surface area contributed by atoms with Crippen molar-refractivity contribution in [1.29, 1.82) is 0 Å². The summed E-state index contributed by atoms with van der Waals surface area (Å²) in [5.41, 5.74) is 14.2. The monoisotopic (exact) mass is 659 g/mol. The number of nitrogens with one attached hydrogen (secondary N) is 1. The number of ether oxygens (including phenoxy) is 1. The van der Waals surface area contributed by atoms with Gasteiger partial charge in [-0.1, -0.05) is 109 Å². The lowest BCUT2D eigenvalue weighted by Crippen LogP contribution is -2.28. The van der Waals surface area contributed by atoms with Gasteiger partial charge in [-0.05, 0) is 92.0 Å². The van der Waals surface area contributed by atoms with E-state index < -0.39 is 0 Å². The summed E-state index contributed by atoms with van der Waals surface area (Å²) in [4.78, 5) is 2.11. The maximum Gasteiger partial charge on any atom is 0.203 e. The molecule has 0 radical (unpaired) electrons. The fraction of sp³-hybridized carbons (Fsp3) is 0.0435. The number of nitrogens with two attached hydrogens (primary N) is 1. The molecule has 0 amide bonds. The van der Waals surface area contributed by atoms with Crippen LogP contribution in [0.25, 0.3) is 60.1 Å². The van der Waals surface area contributed by atoms with Crippen molar-refractivity contribution in [2.75, 3.05) is 16.8 Å². The summed E-state index contributed by atoms with van der Waals surface area (Å²) in [5, 5.41) is 12.0. The lowest BCUT2D eigenvalue weighted by Gasteiger charge is -2.30. The molecule has 0 unspecified atom stereocenters. The minimum atomic E-state index is 0.573. The van der Waals surface area contributed by atoms with Gasteiger partial charge in [0.1, 0.15) is 22.9 Å². The molecule has 0 aliphatic carbocycles. The van der Waals surface area contributed by atoms with Crippen molar-refractivity contribution in [3.05, 3.63) is 180 Å². The highest BCUT2D eigenvalue weighted by Gasteiger charge is 2.27. The van der Waals surface area contributed by atoms with Crippen LogP contribution in [0.5, 0.6) is 5.75 Å². The van der Waals surface area contributed by atoms with Crippen LogP contribution in [0.3, 0.4) is 0 Å². The Morgan fingerprint density at radius 2 is 1.41 bits per heavy atom. The van der Waals surface area contributed by atoms with Gasteiger partial charge in [0.05, 0.1) is 11.3 Å². The van der Waals surface area contributed by atoms with Crippen molar-refractivity contribution in [2.24, 2.45) is 5.73 Å². The van der Waals surface area contributed by atoms with Crippen molar-refractivity contribution in [3.63, 3.8) is 0 Å². The lowest BCUT2D eigenvalue weighted by atomic mass is 9.94. The van der Waals surface area contributed by atoms with Crippen molar-refractivity contribution in [3.8, 4) is 16.9 Å². The molecule has 3 N–H and O–H groups in total. The van der Waals surface area contributed by atoms with E-state index in [1.54, 1.807) is 0 Å². The van der Waals surface area contributed by atoms with Gasteiger partial charge in [0.2, 0.25) is 5.88 Å². The van der Waals surface area contributed by atoms with E-state index in [9.17, 15) is 0 Å². The Morgan fingerprint density at radius 1 is 0.686 bits per heavy atom. The zero-order valence-electron chi connectivity index (χ0n) is 27.8. The number of nitrogens with zero attached hydrogens (tertiary/aromatic N) is 1. The average molecular weight is 660 g/mol. The summed E-state index contributed by atoms with van der Waals surface area (Å²) in [5.74, 6) is 3.07. The SMILES string of the molecule is N/C(=C\C=C1/Cc2ccccc2O1)N(C1=CCNc2oc3ccccc3c21)c1ccc(-c2ccc3c(ccc4ccc5ccccc5c43)c2)cc1. The summed E-state index contributed by atoms with van der Waals surface area (Å²) < 4.78 is 12.4. The maximum absolute atomic E-state index is 7.03. The Hall–Kier alpha value is -6.72. The van der Waals surface area contributed by atoms with E-state index in [-0.39, 0.29) is 0 Å². The third-order valence-electron chi connectivity index (χ3n) is 10.1. The van der Waals surface area contributed by atoms with Crippen LogP contribution >= 0.6 is 0 Å². The number of benzene rings is 7. The largest absolute Gasteiger partial charge is 0.461 e. The standard InChI is InChI=1S/C46H33N3O2/c47-43(24-22-36-28-34-8-2-5-11-41(34)50-36)49(40-25-26-48-46-45(40)39-10-4-6-12-42(39)51-46)35-20-17-29(18-21-35)32-19-23-38-33(27-32)16-15-31-14-13-30-7-1-3-9-37(30)44(31)38/h1-25,27,48H,26,28,47H2/b36-22+,43-24+. The van der Waals surface area contributed by atoms with Crippen LogP contribution in [0, 0.1) is 0 Å². The third kappa shape index (κ3) is 4.93. The highest BCUT2D eigenvalue weighted by atomic mass is 16.5. The van der Waals surface area contributed by atoms with Crippen molar-refractivity contribution < 1.29 is 9.15 Å². The molecule has 244 valence electrons. The minimum Gasteiger partial charge on any atom is -0.461 e. The van der Waals surface area contributed by atoms with E-state index in [2.05, 4.69) is 119 Å². The number of allylic oxidation sites excluding steroid dienone is 3. The molecule has 3 heterocycles. The zero-order chi connectivity index (χ0) is 33.9. The average Bonchev–Trinajstić information content (AvgIpc) is 3.79. The highest BCUT2D eigenvalue weighted by molar-refractivity contribution is 6.20. The second-order valence-electron chi connectivity index (χ2n) is 13.2. The molecule has 5 heteroatoms. The summed E-state index contributed by atoms with van der Waals surface area (Å²) in [6, 6.07) is 49.2. The first-order valence-corrected chi connectivity index (χ1v) is 17.3. The second-order valence-corrected chi connectivity index (χ2v) is 13.2. The van der Waals surface area contributed by atoms with Gasteiger partial charge in [0.25, 0.3) is 0 Å². The van der Waals surface area contributed by atoms with Crippen molar-refractivity contribution in [1.82, 2.24) is 0 Å². The summed E-state index contributed by atoms with van der Waals surface area (Å²) in [6.07, 6.45) is 6.83. The van der Waals surface area contributed by atoms with Gasteiger partial charge in [-0.2, -0.15) is 0 Å². The number of rotatable bonds is 5. The molecule has 0 spiro atoms. The Labute approximate surface area is 295 Å². The topological polar surface area (TPSA) is 63.7 Å². The molecule has 0 saturated heterocycles. The lowest BCUT2D eigenvalue weighted by molar-refractivity contribution is 0.446. The van der Waals surface area contributed by atoms with Crippen LogP contribution in [0.2, 0.25) is 0 Å². The second kappa shape index (κ2) is 11.7. The first-order valence-electron chi connectivity index (χ1n) is 17.3. The molecule has 0 saturated carbocycles. The van der Waals surface area contributed by atoms with Crippen LogP contribution in [0.1, 0.15) is 11.1 Å². The molecule has 7 aromatic carbocycles. The van der Waals surface area contributed by atoms with Gasteiger partial charge >= 0.3 is 0 Å². The van der Waals surface area contributed by atoms with Gasteiger partial charge in [-0.15, -0.1) is 0 Å². The Balaban J connectivity index is 1.05. The Kier molecular flexibility index (Phi) is 6.71. The van der Waals surface area contributed by atoms with Crippen LogP contribution in [-0.2, 0) is 6.42 Å². The molecule has 0 atom stereocenters. The summed E-state index contributed by atoms with van der Waals surface area (Å²) in [6.45, 7) is 0.616. The fourth-order valence-electron chi connectivity index (χ4n) is 7.68. The normalized spacial score (nSPS) is 14.8. The van der Waals surface area contributed by atoms with E-state index in [1.165, 1.54) is 37.9 Å². The van der Waals surface area contributed by atoms with E-state index in [0.29, 0.717) is 12.4 Å². The van der Waals surface area contributed by atoms with Gasteiger partial charge in [-0.25, -0.2) is 0 Å². The van der Waals surface area contributed by atoms with Crippen LogP contribution in [-0.4, -0.2) is 6.54 Å². The summed E-state index contributed by atoms with van der Waals surface area (Å²) >= 11 is 0. The number of anilines is 2. The van der Waals surface area contributed by atoms with E-state index in [1.807, 2.05) is 48.6 Å². The fourth-order valence-corrected chi connectivity index (χ4v) is 7.68. The zero-order valence-corrected chi connectivity index (χ0v) is 27.8. The van der Waals surface area contributed by atoms with Gasteiger partial charge in [-0.3, -0.25) is 4.90 Å². The molecule has 8 aromatic rings. The maximum atomic E-state index is 7.03. The van der Waals surface area contributed by atoms with Crippen molar-refractivity contribution in [2.45, 2.75) is 6.42 Å². The molecular weight excluding hydrogens is 627 g/mol. The number of hydrogen-bond donors (Lipinski definition) is 2. The number of para-hydroxylation sites is 2. The van der Waals surface area contributed by atoms with Gasteiger partial charge in [0, 0.05) is 29.6 Å². The molecule has 2 aliphatic heterocycles. The minimum absolute atomic E-state index is 0.573. The molecule has 2 aliphatic rings. The van der Waals surface area contributed by atoms with Crippen LogP contribution in [0.4, 0.5) is 11.6 Å².